The summed E-state index contributed by atoms with van der Waals surface area (Å²) >= 11 is 0. The first-order valence-electron chi connectivity index (χ1n) is 10.3. The van der Waals surface area contributed by atoms with Crippen molar-refractivity contribution in [2.45, 2.75) is 45.8 Å². The molecule has 1 amide bonds. The summed E-state index contributed by atoms with van der Waals surface area (Å²) < 4.78 is 13.5. The third-order valence-electron chi connectivity index (χ3n) is 5.91. The van der Waals surface area contributed by atoms with Crippen LogP contribution in [0, 0.1) is 13.8 Å². The summed E-state index contributed by atoms with van der Waals surface area (Å²) in [5.41, 5.74) is 5.11. The van der Waals surface area contributed by atoms with Gasteiger partial charge in [-0.1, -0.05) is 30.3 Å². The average molecular weight is 409 g/mol. The van der Waals surface area contributed by atoms with Crippen LogP contribution in [0.15, 0.2) is 34.7 Å². The molecule has 0 aliphatic carbocycles. The van der Waals surface area contributed by atoms with E-state index in [0.717, 1.165) is 34.0 Å². The highest BCUT2D eigenvalue weighted by Gasteiger charge is 2.28. The van der Waals surface area contributed by atoms with Gasteiger partial charge in [0.1, 0.15) is 11.5 Å². The quantitative estimate of drug-likeness (QED) is 0.626. The van der Waals surface area contributed by atoms with Crippen LogP contribution in [0.1, 0.15) is 52.4 Å². The van der Waals surface area contributed by atoms with Gasteiger partial charge in [0.05, 0.1) is 12.2 Å². The van der Waals surface area contributed by atoms with Gasteiger partial charge in [-0.3, -0.25) is 9.48 Å². The van der Waals surface area contributed by atoms with Gasteiger partial charge in [-0.05, 0) is 31.4 Å². The number of rotatable bonds is 6. The van der Waals surface area contributed by atoms with Crippen LogP contribution in [0.4, 0.5) is 0 Å². The highest BCUT2D eigenvalue weighted by Crippen LogP contribution is 2.29. The standard InChI is InChI=1S/C23H28N4O3/c1-15-18(16(2)26(3)25-15)10-11-21(28)27-13-12-20-19(14-27)24-23(30-20)22(29-4)17-8-6-5-7-9-17/h5-9,22H,10-14H2,1-4H3. The molecule has 0 saturated carbocycles. The number of benzene rings is 1. The summed E-state index contributed by atoms with van der Waals surface area (Å²) in [5, 5.41) is 4.44. The zero-order valence-electron chi connectivity index (χ0n) is 18.0. The molecule has 1 aromatic carbocycles. The smallest absolute Gasteiger partial charge is 0.228 e. The highest BCUT2D eigenvalue weighted by molar-refractivity contribution is 5.76. The molecule has 30 heavy (non-hydrogen) atoms. The molecule has 7 heteroatoms. The minimum atomic E-state index is -0.350. The normalized spacial score (nSPS) is 14.6. The predicted octanol–water partition coefficient (Wildman–Crippen LogP) is 3.28. The van der Waals surface area contributed by atoms with E-state index in [1.165, 1.54) is 0 Å². The first kappa shape index (κ1) is 20.3. The van der Waals surface area contributed by atoms with Crippen LogP contribution in [-0.2, 0) is 36.0 Å². The lowest BCUT2D eigenvalue weighted by Crippen LogP contribution is -2.36. The molecule has 0 N–H and O–H groups in total. The summed E-state index contributed by atoms with van der Waals surface area (Å²) in [7, 11) is 3.59. The number of fused-ring (bicyclic) bond motifs is 1. The van der Waals surface area contributed by atoms with Crippen LogP contribution in [0.3, 0.4) is 0 Å². The van der Waals surface area contributed by atoms with Gasteiger partial charge >= 0.3 is 0 Å². The van der Waals surface area contributed by atoms with Gasteiger partial charge in [0.2, 0.25) is 11.8 Å². The zero-order chi connectivity index (χ0) is 21.3. The Morgan fingerprint density at radius 2 is 2.03 bits per heavy atom. The molecule has 1 aliphatic rings. The summed E-state index contributed by atoms with van der Waals surface area (Å²) in [6.45, 7) is 5.17. The molecule has 0 spiro atoms. The molecule has 3 aromatic rings. The molecule has 0 bridgehead atoms. The fourth-order valence-corrected chi connectivity index (χ4v) is 4.12. The maximum absolute atomic E-state index is 12.8. The number of ether oxygens (including phenoxy) is 1. The fraction of sp³-hybridized carbons (Fsp3) is 0.435. The van der Waals surface area contributed by atoms with Crippen molar-refractivity contribution in [3.05, 3.63) is 70.2 Å². The number of nitrogens with zero attached hydrogens (tertiary/aromatic N) is 4. The van der Waals surface area contributed by atoms with Crippen LogP contribution in [0.25, 0.3) is 0 Å². The number of carbonyl (C=O) groups is 1. The van der Waals surface area contributed by atoms with Crippen molar-refractivity contribution in [3.8, 4) is 0 Å². The van der Waals surface area contributed by atoms with E-state index in [0.29, 0.717) is 38.2 Å². The monoisotopic (exact) mass is 408 g/mol. The van der Waals surface area contributed by atoms with Gasteiger partial charge in [-0.25, -0.2) is 4.98 Å². The van der Waals surface area contributed by atoms with Crippen molar-refractivity contribution in [1.82, 2.24) is 19.7 Å². The minimum Gasteiger partial charge on any atom is -0.442 e. The fourth-order valence-electron chi connectivity index (χ4n) is 4.12. The van der Waals surface area contributed by atoms with Crippen molar-refractivity contribution < 1.29 is 13.9 Å². The Bertz CT molecular complexity index is 1040. The summed E-state index contributed by atoms with van der Waals surface area (Å²) in [6.07, 6.45) is 1.50. The van der Waals surface area contributed by atoms with Gasteiger partial charge in [0.25, 0.3) is 0 Å². The number of oxazole rings is 1. The van der Waals surface area contributed by atoms with Gasteiger partial charge in [0.15, 0.2) is 6.10 Å². The number of amides is 1. The molecular formula is C23H28N4O3. The molecule has 4 rings (SSSR count). The van der Waals surface area contributed by atoms with Crippen molar-refractivity contribution in [2.75, 3.05) is 13.7 Å². The lowest BCUT2D eigenvalue weighted by Gasteiger charge is -2.25. The second-order valence-electron chi connectivity index (χ2n) is 7.79. The van der Waals surface area contributed by atoms with Gasteiger partial charge in [-0.15, -0.1) is 0 Å². The van der Waals surface area contributed by atoms with Crippen LogP contribution in [-0.4, -0.2) is 39.2 Å². The number of hydrogen-bond donors (Lipinski definition) is 0. The molecule has 1 unspecified atom stereocenters. The van der Waals surface area contributed by atoms with Crippen molar-refractivity contribution in [2.24, 2.45) is 7.05 Å². The number of aromatic nitrogens is 3. The van der Waals surface area contributed by atoms with Crippen LogP contribution >= 0.6 is 0 Å². The lowest BCUT2D eigenvalue weighted by atomic mass is 10.1. The molecule has 0 radical (unpaired) electrons. The topological polar surface area (TPSA) is 73.4 Å². The summed E-state index contributed by atoms with van der Waals surface area (Å²) in [6, 6.07) is 9.90. The Labute approximate surface area is 176 Å². The highest BCUT2D eigenvalue weighted by atomic mass is 16.5. The second-order valence-corrected chi connectivity index (χ2v) is 7.79. The Morgan fingerprint density at radius 1 is 1.27 bits per heavy atom. The number of carbonyl (C=O) groups excluding carboxylic acids is 1. The van der Waals surface area contributed by atoms with Crippen molar-refractivity contribution >= 4 is 5.91 Å². The number of aryl methyl sites for hydroxylation is 2. The van der Waals surface area contributed by atoms with Crippen LogP contribution in [0.2, 0.25) is 0 Å². The molecule has 3 heterocycles. The van der Waals surface area contributed by atoms with E-state index >= 15 is 0 Å². The molecule has 2 aromatic heterocycles. The lowest BCUT2D eigenvalue weighted by molar-refractivity contribution is -0.132. The van der Waals surface area contributed by atoms with E-state index in [2.05, 4.69) is 10.1 Å². The zero-order valence-corrected chi connectivity index (χ0v) is 18.0. The van der Waals surface area contributed by atoms with E-state index in [9.17, 15) is 4.79 Å². The molecule has 0 fully saturated rings. The molecule has 158 valence electrons. The Kier molecular flexibility index (Phi) is 5.72. The van der Waals surface area contributed by atoms with Crippen LogP contribution in [0.5, 0.6) is 0 Å². The Morgan fingerprint density at radius 3 is 2.70 bits per heavy atom. The third-order valence-corrected chi connectivity index (χ3v) is 5.91. The number of methoxy groups -OCH3 is 1. The molecule has 0 saturated heterocycles. The van der Waals surface area contributed by atoms with E-state index in [1.807, 2.05) is 60.8 Å². The SMILES string of the molecule is COC(c1ccccc1)c1nc2c(o1)CCN(C(=O)CCc1c(C)nn(C)c1C)C2. The number of hydrogen-bond acceptors (Lipinski definition) is 5. The predicted molar refractivity (Wildman–Crippen MR) is 112 cm³/mol. The van der Waals surface area contributed by atoms with E-state index in [1.54, 1.807) is 7.11 Å². The summed E-state index contributed by atoms with van der Waals surface area (Å²) in [4.78, 5) is 19.4. The Hall–Kier alpha value is -2.93. The third kappa shape index (κ3) is 3.89. The molecule has 1 atom stereocenters. The van der Waals surface area contributed by atoms with Gasteiger partial charge in [-0.2, -0.15) is 5.10 Å². The maximum atomic E-state index is 12.8. The van der Waals surface area contributed by atoms with Gasteiger partial charge < -0.3 is 14.1 Å². The molecular weight excluding hydrogens is 380 g/mol. The molecule has 1 aliphatic heterocycles. The van der Waals surface area contributed by atoms with Crippen molar-refractivity contribution in [1.29, 1.82) is 0 Å². The van der Waals surface area contributed by atoms with E-state index < -0.39 is 0 Å². The van der Waals surface area contributed by atoms with E-state index in [-0.39, 0.29) is 12.0 Å². The summed E-state index contributed by atoms with van der Waals surface area (Å²) in [5.74, 6) is 1.54. The minimum absolute atomic E-state index is 0.138. The molecule has 7 nitrogen and oxygen atoms in total. The first-order valence-corrected chi connectivity index (χ1v) is 10.3. The second kappa shape index (κ2) is 8.44. The van der Waals surface area contributed by atoms with Crippen molar-refractivity contribution in [3.63, 3.8) is 0 Å². The van der Waals surface area contributed by atoms with Crippen LogP contribution < -0.4 is 0 Å². The van der Waals surface area contributed by atoms with Gasteiger partial charge in [0, 0.05) is 39.2 Å². The average Bonchev–Trinajstić information content (AvgIpc) is 3.27. The first-order chi connectivity index (χ1) is 14.5. The maximum Gasteiger partial charge on any atom is 0.228 e. The van der Waals surface area contributed by atoms with E-state index in [4.69, 9.17) is 9.15 Å². The Balaban J connectivity index is 1.44. The largest absolute Gasteiger partial charge is 0.442 e.